The maximum absolute atomic E-state index is 12.4. The largest absolute Gasteiger partial charge is 0.481 e. The summed E-state index contributed by atoms with van der Waals surface area (Å²) in [4.78, 5) is 24.1. The highest BCUT2D eigenvalue weighted by Gasteiger charge is 2.19. The molecule has 0 heterocycles. The van der Waals surface area contributed by atoms with Gasteiger partial charge in [0.15, 0.2) is 6.10 Å². The van der Waals surface area contributed by atoms with Crippen LogP contribution in [0.25, 0.3) is 0 Å². The van der Waals surface area contributed by atoms with Gasteiger partial charge in [-0.2, -0.15) is 0 Å². The second-order valence-electron chi connectivity index (χ2n) is 5.56. The van der Waals surface area contributed by atoms with E-state index in [9.17, 15) is 9.59 Å². The first-order chi connectivity index (χ1) is 11.4. The number of carbonyl (C=O) groups is 2. The first-order valence-electron chi connectivity index (χ1n) is 7.64. The van der Waals surface area contributed by atoms with Crippen molar-refractivity contribution < 1.29 is 19.1 Å². The van der Waals surface area contributed by atoms with E-state index in [4.69, 9.17) is 9.47 Å². The molecule has 2 rings (SSSR count). The van der Waals surface area contributed by atoms with Gasteiger partial charge in [0, 0.05) is 0 Å². The molecule has 2 aromatic carbocycles. The summed E-state index contributed by atoms with van der Waals surface area (Å²) in [6.45, 7) is 5.59. The quantitative estimate of drug-likeness (QED) is 0.854. The van der Waals surface area contributed by atoms with Gasteiger partial charge >= 0.3 is 5.97 Å². The number of benzene rings is 2. The van der Waals surface area contributed by atoms with Crippen LogP contribution in [0.15, 0.2) is 42.5 Å². The van der Waals surface area contributed by atoms with Gasteiger partial charge in [-0.3, -0.25) is 4.79 Å². The Kier molecular flexibility index (Phi) is 5.58. The molecular formula is C19H21NO4. The number of rotatable bonds is 5. The van der Waals surface area contributed by atoms with Crippen LogP contribution in [0.2, 0.25) is 0 Å². The third-order valence-corrected chi connectivity index (χ3v) is 3.59. The summed E-state index contributed by atoms with van der Waals surface area (Å²) in [6, 6.07) is 12.4. The molecule has 0 bridgehead atoms. The zero-order valence-electron chi connectivity index (χ0n) is 14.3. The number of aryl methyl sites for hydroxylation is 2. The highest BCUT2D eigenvalue weighted by molar-refractivity contribution is 6.02. The summed E-state index contributed by atoms with van der Waals surface area (Å²) in [5, 5.41) is 2.71. The zero-order chi connectivity index (χ0) is 17.7. The number of nitrogens with one attached hydrogen (secondary N) is 1. The lowest BCUT2D eigenvalue weighted by atomic mass is 10.1. The Bertz CT molecular complexity index is 755. The van der Waals surface area contributed by atoms with Crippen molar-refractivity contribution in [2.75, 3.05) is 12.4 Å². The molecule has 0 fully saturated rings. The molecule has 0 aliphatic heterocycles. The SMILES string of the molecule is COC(=O)c1ccccc1NC(=O)[C@@H](C)Oc1ccc(C)cc1C. The van der Waals surface area contributed by atoms with Crippen molar-refractivity contribution in [2.45, 2.75) is 26.9 Å². The number of esters is 1. The molecule has 1 amide bonds. The molecule has 0 spiro atoms. The maximum atomic E-state index is 12.4. The Morgan fingerprint density at radius 3 is 2.46 bits per heavy atom. The van der Waals surface area contributed by atoms with Crippen molar-refractivity contribution in [1.29, 1.82) is 0 Å². The smallest absolute Gasteiger partial charge is 0.339 e. The zero-order valence-corrected chi connectivity index (χ0v) is 14.3. The standard InChI is InChI=1S/C19H21NO4/c1-12-9-10-17(13(2)11-12)24-14(3)18(21)20-16-8-6-5-7-15(16)19(22)23-4/h5-11,14H,1-4H3,(H,20,21)/t14-/m1/s1. The van der Waals surface area contributed by atoms with Gasteiger partial charge in [0.05, 0.1) is 18.4 Å². The second-order valence-corrected chi connectivity index (χ2v) is 5.56. The van der Waals surface area contributed by atoms with E-state index in [-0.39, 0.29) is 5.91 Å². The van der Waals surface area contributed by atoms with Crippen LogP contribution in [0, 0.1) is 13.8 Å². The second kappa shape index (κ2) is 7.64. The van der Waals surface area contributed by atoms with Crippen LogP contribution in [0.4, 0.5) is 5.69 Å². The van der Waals surface area contributed by atoms with Gasteiger partial charge in [0.2, 0.25) is 0 Å². The minimum atomic E-state index is -0.711. The van der Waals surface area contributed by atoms with Crippen LogP contribution in [0.1, 0.15) is 28.4 Å². The lowest BCUT2D eigenvalue weighted by molar-refractivity contribution is -0.122. The Balaban J connectivity index is 2.11. The minimum absolute atomic E-state index is 0.298. The number of amides is 1. The van der Waals surface area contributed by atoms with E-state index in [0.717, 1.165) is 11.1 Å². The highest BCUT2D eigenvalue weighted by atomic mass is 16.5. The number of para-hydroxylation sites is 1. The van der Waals surface area contributed by atoms with Crippen molar-refractivity contribution in [3.63, 3.8) is 0 Å². The van der Waals surface area contributed by atoms with E-state index in [1.165, 1.54) is 7.11 Å². The van der Waals surface area contributed by atoms with Gasteiger partial charge in [-0.1, -0.05) is 29.8 Å². The third kappa shape index (κ3) is 4.13. The van der Waals surface area contributed by atoms with Crippen molar-refractivity contribution in [3.05, 3.63) is 59.2 Å². The van der Waals surface area contributed by atoms with Gasteiger partial charge in [0.25, 0.3) is 5.91 Å². The molecule has 1 N–H and O–H groups in total. The molecule has 0 radical (unpaired) electrons. The number of carbonyl (C=O) groups excluding carboxylic acids is 2. The highest BCUT2D eigenvalue weighted by Crippen LogP contribution is 2.21. The molecule has 0 aliphatic carbocycles. The van der Waals surface area contributed by atoms with Gasteiger partial charge < -0.3 is 14.8 Å². The van der Waals surface area contributed by atoms with Crippen molar-refractivity contribution in [3.8, 4) is 5.75 Å². The predicted molar refractivity (Wildman–Crippen MR) is 92.4 cm³/mol. The Morgan fingerprint density at radius 2 is 1.79 bits per heavy atom. The number of anilines is 1. The van der Waals surface area contributed by atoms with Crippen molar-refractivity contribution in [1.82, 2.24) is 0 Å². The van der Waals surface area contributed by atoms with Crippen LogP contribution in [-0.2, 0) is 9.53 Å². The van der Waals surface area contributed by atoms with E-state index >= 15 is 0 Å². The topological polar surface area (TPSA) is 64.6 Å². The predicted octanol–water partition coefficient (Wildman–Crippen LogP) is 3.50. The van der Waals surface area contributed by atoms with Gasteiger partial charge in [0.1, 0.15) is 5.75 Å². The average Bonchev–Trinajstić information content (AvgIpc) is 2.57. The van der Waals surface area contributed by atoms with E-state index in [1.54, 1.807) is 31.2 Å². The van der Waals surface area contributed by atoms with E-state index in [0.29, 0.717) is 17.0 Å². The summed E-state index contributed by atoms with van der Waals surface area (Å²) < 4.78 is 10.5. The Labute approximate surface area is 141 Å². The number of methoxy groups -OCH3 is 1. The average molecular weight is 327 g/mol. The van der Waals surface area contributed by atoms with E-state index < -0.39 is 12.1 Å². The molecule has 5 nitrogen and oxygen atoms in total. The molecule has 0 unspecified atom stereocenters. The van der Waals surface area contributed by atoms with Gasteiger partial charge in [-0.25, -0.2) is 4.79 Å². The fraction of sp³-hybridized carbons (Fsp3) is 0.263. The molecule has 0 aliphatic rings. The summed E-state index contributed by atoms with van der Waals surface area (Å²) in [7, 11) is 1.30. The molecular weight excluding hydrogens is 306 g/mol. The number of ether oxygens (including phenoxy) is 2. The minimum Gasteiger partial charge on any atom is -0.481 e. The van der Waals surface area contributed by atoms with E-state index in [2.05, 4.69) is 5.32 Å². The summed E-state index contributed by atoms with van der Waals surface area (Å²) in [5.74, 6) is -0.190. The molecule has 0 aromatic heterocycles. The van der Waals surface area contributed by atoms with E-state index in [1.807, 2.05) is 32.0 Å². The van der Waals surface area contributed by atoms with Crippen LogP contribution in [0.5, 0.6) is 5.75 Å². The summed E-state index contributed by atoms with van der Waals surface area (Å²) in [6.07, 6.45) is -0.711. The molecule has 5 heteroatoms. The first-order valence-corrected chi connectivity index (χ1v) is 7.64. The van der Waals surface area contributed by atoms with Gasteiger partial charge in [-0.15, -0.1) is 0 Å². The van der Waals surface area contributed by atoms with Gasteiger partial charge in [-0.05, 0) is 44.5 Å². The fourth-order valence-electron chi connectivity index (χ4n) is 2.29. The normalized spacial score (nSPS) is 11.5. The molecule has 0 saturated carbocycles. The molecule has 24 heavy (non-hydrogen) atoms. The lowest BCUT2D eigenvalue weighted by Gasteiger charge is -2.17. The molecule has 0 saturated heterocycles. The van der Waals surface area contributed by atoms with Crippen molar-refractivity contribution in [2.24, 2.45) is 0 Å². The van der Waals surface area contributed by atoms with Crippen molar-refractivity contribution >= 4 is 17.6 Å². The fourth-order valence-corrected chi connectivity index (χ4v) is 2.29. The summed E-state index contributed by atoms with van der Waals surface area (Å²) >= 11 is 0. The Hall–Kier alpha value is -2.82. The third-order valence-electron chi connectivity index (χ3n) is 3.59. The molecule has 2 aromatic rings. The number of hydrogen-bond acceptors (Lipinski definition) is 4. The van der Waals surface area contributed by atoms with Crippen LogP contribution >= 0.6 is 0 Å². The maximum Gasteiger partial charge on any atom is 0.339 e. The lowest BCUT2D eigenvalue weighted by Crippen LogP contribution is -2.31. The van der Waals surface area contributed by atoms with Crippen LogP contribution in [0.3, 0.4) is 0 Å². The summed E-state index contributed by atoms with van der Waals surface area (Å²) in [5.41, 5.74) is 2.78. The molecule has 126 valence electrons. The van der Waals surface area contributed by atoms with Crippen LogP contribution < -0.4 is 10.1 Å². The monoisotopic (exact) mass is 327 g/mol. The Morgan fingerprint density at radius 1 is 1.08 bits per heavy atom. The first kappa shape index (κ1) is 17.5. The molecule has 1 atom stereocenters. The van der Waals surface area contributed by atoms with Crippen LogP contribution in [-0.4, -0.2) is 25.1 Å². The number of hydrogen-bond donors (Lipinski definition) is 1.